The van der Waals surface area contributed by atoms with Crippen molar-refractivity contribution < 1.29 is 18.7 Å². The summed E-state index contributed by atoms with van der Waals surface area (Å²) in [6.07, 6.45) is 0.769. The zero-order chi connectivity index (χ0) is 24.9. The number of methoxy groups -OCH3 is 1. The highest BCUT2D eigenvalue weighted by atomic mass is 19.1. The first-order chi connectivity index (χ1) is 16.9. The molecular formula is C29H27FN2O3. The van der Waals surface area contributed by atoms with Gasteiger partial charge in [-0.25, -0.2) is 4.39 Å². The van der Waals surface area contributed by atoms with Gasteiger partial charge in [-0.3, -0.25) is 9.59 Å². The van der Waals surface area contributed by atoms with Crippen LogP contribution in [0.15, 0.2) is 78.9 Å². The second-order valence-electron chi connectivity index (χ2n) is 8.47. The fraction of sp³-hybridized carbons (Fsp3) is 0.172. The number of rotatable bonds is 8. The lowest BCUT2D eigenvalue weighted by atomic mass is 9.94. The molecule has 4 rings (SSSR count). The molecule has 3 aromatic carbocycles. The molecule has 1 aromatic heterocycles. The average Bonchev–Trinajstić information content (AvgIpc) is 3.24. The number of amides is 1. The Morgan fingerprint density at radius 2 is 1.57 bits per heavy atom. The van der Waals surface area contributed by atoms with Crippen molar-refractivity contribution in [2.45, 2.75) is 26.4 Å². The zero-order valence-electron chi connectivity index (χ0n) is 19.9. The van der Waals surface area contributed by atoms with Crippen LogP contribution in [-0.4, -0.2) is 23.9 Å². The normalized spacial score (nSPS) is 10.9. The molecule has 1 heterocycles. The molecule has 0 unspecified atom stereocenters. The van der Waals surface area contributed by atoms with Crippen molar-refractivity contribution in [3.8, 4) is 28.0 Å². The number of aromatic nitrogens is 1. The molecule has 178 valence electrons. The van der Waals surface area contributed by atoms with Crippen LogP contribution in [0.1, 0.15) is 46.4 Å². The molecular weight excluding hydrogens is 443 g/mol. The maximum atomic E-state index is 13.7. The van der Waals surface area contributed by atoms with Crippen molar-refractivity contribution in [3.05, 3.63) is 102 Å². The van der Waals surface area contributed by atoms with Gasteiger partial charge in [-0.15, -0.1) is 0 Å². The number of ether oxygens (including phenoxy) is 1. The summed E-state index contributed by atoms with van der Waals surface area (Å²) < 4.78 is 20.7. The molecule has 0 atom stereocenters. The Morgan fingerprint density at radius 1 is 0.943 bits per heavy atom. The molecule has 35 heavy (non-hydrogen) atoms. The SMILES string of the molecule is COc1ccc(CNC(=O)c2c(-c3ccccc3)c(-c3ccc(F)cc3)c(C=O)n2C(C)C)cc1. The van der Waals surface area contributed by atoms with Crippen molar-refractivity contribution in [2.24, 2.45) is 0 Å². The van der Waals surface area contributed by atoms with E-state index in [9.17, 15) is 14.0 Å². The number of hydrogen-bond acceptors (Lipinski definition) is 3. The maximum Gasteiger partial charge on any atom is 0.268 e. The van der Waals surface area contributed by atoms with Gasteiger partial charge < -0.3 is 14.6 Å². The standard InChI is InChI=1S/C29H27FN2O3/c1-19(2)32-25(18-33)26(22-11-13-23(30)14-12-22)27(21-7-5-4-6-8-21)28(32)29(34)31-17-20-9-15-24(35-3)16-10-20/h4-16,18-19H,17H2,1-3H3,(H,31,34). The van der Waals surface area contributed by atoms with Crippen LogP contribution < -0.4 is 10.1 Å². The lowest BCUT2D eigenvalue weighted by Crippen LogP contribution is -2.27. The Morgan fingerprint density at radius 3 is 2.14 bits per heavy atom. The van der Waals surface area contributed by atoms with Gasteiger partial charge in [0.15, 0.2) is 6.29 Å². The first-order valence-corrected chi connectivity index (χ1v) is 11.4. The van der Waals surface area contributed by atoms with Crippen LogP contribution in [-0.2, 0) is 6.54 Å². The molecule has 0 saturated carbocycles. The largest absolute Gasteiger partial charge is 0.497 e. The summed E-state index contributed by atoms with van der Waals surface area (Å²) in [6, 6.07) is 22.7. The lowest BCUT2D eigenvalue weighted by Gasteiger charge is -2.16. The van der Waals surface area contributed by atoms with Gasteiger partial charge in [0.1, 0.15) is 17.3 Å². The maximum absolute atomic E-state index is 13.7. The van der Waals surface area contributed by atoms with Crippen molar-refractivity contribution >= 4 is 12.2 Å². The van der Waals surface area contributed by atoms with E-state index in [0.717, 1.165) is 23.2 Å². The van der Waals surface area contributed by atoms with Crippen LogP contribution in [0.25, 0.3) is 22.3 Å². The third-order valence-electron chi connectivity index (χ3n) is 5.89. The monoisotopic (exact) mass is 470 g/mol. The third-order valence-corrected chi connectivity index (χ3v) is 5.89. The summed E-state index contributed by atoms with van der Waals surface area (Å²) in [4.78, 5) is 26.1. The van der Waals surface area contributed by atoms with Crippen LogP contribution in [0.2, 0.25) is 0 Å². The fourth-order valence-electron chi connectivity index (χ4n) is 4.29. The Kier molecular flexibility index (Phi) is 7.11. The Bertz CT molecular complexity index is 1330. The number of carbonyl (C=O) groups is 2. The van der Waals surface area contributed by atoms with E-state index in [2.05, 4.69) is 5.32 Å². The van der Waals surface area contributed by atoms with Gasteiger partial charge in [0, 0.05) is 23.7 Å². The molecule has 1 amide bonds. The molecule has 6 heteroatoms. The molecule has 0 bridgehead atoms. The zero-order valence-corrected chi connectivity index (χ0v) is 19.9. The number of nitrogens with one attached hydrogen (secondary N) is 1. The van der Waals surface area contributed by atoms with Crippen molar-refractivity contribution in [2.75, 3.05) is 7.11 Å². The van der Waals surface area contributed by atoms with Crippen LogP contribution in [0.3, 0.4) is 0 Å². The van der Waals surface area contributed by atoms with Crippen molar-refractivity contribution in [3.63, 3.8) is 0 Å². The summed E-state index contributed by atoms with van der Waals surface area (Å²) in [5.74, 6) is 0.0629. The topological polar surface area (TPSA) is 60.3 Å². The molecule has 0 aliphatic rings. The van der Waals surface area contributed by atoms with Crippen LogP contribution in [0.4, 0.5) is 4.39 Å². The molecule has 5 nitrogen and oxygen atoms in total. The number of halogens is 1. The van der Waals surface area contributed by atoms with Crippen LogP contribution >= 0.6 is 0 Å². The molecule has 0 aliphatic heterocycles. The first kappa shape index (κ1) is 24.0. The molecule has 0 spiro atoms. The van der Waals surface area contributed by atoms with Gasteiger partial charge in [0.2, 0.25) is 0 Å². The van der Waals surface area contributed by atoms with E-state index >= 15 is 0 Å². The lowest BCUT2D eigenvalue weighted by molar-refractivity contribution is 0.0940. The van der Waals surface area contributed by atoms with Gasteiger partial charge in [0.05, 0.1) is 12.8 Å². The van der Waals surface area contributed by atoms with Crippen LogP contribution in [0.5, 0.6) is 5.75 Å². The Balaban J connectivity index is 1.88. The summed E-state index contributed by atoms with van der Waals surface area (Å²) in [5, 5.41) is 3.01. The number of aldehydes is 1. The van der Waals surface area contributed by atoms with E-state index in [1.807, 2.05) is 68.4 Å². The summed E-state index contributed by atoms with van der Waals surface area (Å²) in [7, 11) is 1.60. The van der Waals surface area contributed by atoms with Gasteiger partial charge in [-0.2, -0.15) is 0 Å². The van der Waals surface area contributed by atoms with Gasteiger partial charge in [-0.1, -0.05) is 54.6 Å². The smallest absolute Gasteiger partial charge is 0.268 e. The second-order valence-corrected chi connectivity index (χ2v) is 8.47. The molecule has 0 saturated heterocycles. The highest BCUT2D eigenvalue weighted by Crippen LogP contribution is 2.41. The minimum atomic E-state index is -0.372. The first-order valence-electron chi connectivity index (χ1n) is 11.4. The third kappa shape index (κ3) is 4.87. The molecule has 4 aromatic rings. The predicted octanol–water partition coefficient (Wildman–Crippen LogP) is 6.29. The number of benzene rings is 3. The Labute approximate surface area is 204 Å². The minimum Gasteiger partial charge on any atom is -0.497 e. The van der Waals surface area contributed by atoms with E-state index in [0.29, 0.717) is 34.6 Å². The number of carbonyl (C=O) groups excluding carboxylic acids is 2. The average molecular weight is 471 g/mol. The molecule has 0 fully saturated rings. The quantitative estimate of drug-likeness (QED) is 0.308. The van der Waals surface area contributed by atoms with Crippen LogP contribution in [0, 0.1) is 5.82 Å². The second kappa shape index (κ2) is 10.4. The highest BCUT2D eigenvalue weighted by molar-refractivity contribution is 6.08. The van der Waals surface area contributed by atoms with E-state index in [1.54, 1.807) is 23.8 Å². The number of hydrogen-bond donors (Lipinski definition) is 1. The molecule has 0 radical (unpaired) electrons. The fourth-order valence-corrected chi connectivity index (χ4v) is 4.29. The highest BCUT2D eigenvalue weighted by Gasteiger charge is 2.29. The van der Waals surface area contributed by atoms with Gasteiger partial charge >= 0.3 is 0 Å². The predicted molar refractivity (Wildman–Crippen MR) is 135 cm³/mol. The van der Waals surface area contributed by atoms with E-state index in [1.165, 1.54) is 12.1 Å². The minimum absolute atomic E-state index is 0.173. The summed E-state index contributed by atoms with van der Waals surface area (Å²) >= 11 is 0. The molecule has 0 aliphatic carbocycles. The Hall–Kier alpha value is -4.19. The van der Waals surface area contributed by atoms with Gasteiger partial charge in [-0.05, 0) is 54.8 Å². The van der Waals surface area contributed by atoms with E-state index in [-0.39, 0.29) is 17.8 Å². The van der Waals surface area contributed by atoms with Crippen molar-refractivity contribution in [1.29, 1.82) is 0 Å². The molecule has 1 N–H and O–H groups in total. The van der Waals surface area contributed by atoms with Crippen molar-refractivity contribution in [1.82, 2.24) is 9.88 Å². The van der Waals surface area contributed by atoms with E-state index in [4.69, 9.17) is 4.74 Å². The van der Waals surface area contributed by atoms with Gasteiger partial charge in [0.25, 0.3) is 5.91 Å². The number of nitrogens with zero attached hydrogens (tertiary/aromatic N) is 1. The summed E-state index contributed by atoms with van der Waals surface area (Å²) in [5.41, 5.74) is 4.38. The van der Waals surface area contributed by atoms with E-state index < -0.39 is 0 Å². The summed E-state index contributed by atoms with van der Waals surface area (Å²) in [6.45, 7) is 4.16.